The number of nitrogens with zero attached hydrogens (tertiary/aromatic N) is 3. The van der Waals surface area contributed by atoms with Crippen molar-refractivity contribution >= 4 is 32.5 Å². The number of hydrogen-bond acceptors (Lipinski definition) is 6. The Morgan fingerprint density at radius 3 is 2.59 bits per heavy atom. The normalized spacial score (nSPS) is 22.7. The number of rotatable bonds is 7. The number of amides is 1. The highest BCUT2D eigenvalue weighted by atomic mass is 32.2. The second kappa shape index (κ2) is 8.92. The molecule has 2 aromatic carbocycles. The van der Waals surface area contributed by atoms with Crippen molar-refractivity contribution < 1.29 is 13.2 Å². The molecule has 5 rings (SSSR count). The summed E-state index contributed by atoms with van der Waals surface area (Å²) >= 11 is 0. The number of carbonyl (C=O) groups is 1. The number of benzene rings is 2. The quantitative estimate of drug-likeness (QED) is 0.535. The van der Waals surface area contributed by atoms with E-state index in [9.17, 15) is 18.0 Å². The Morgan fingerprint density at radius 1 is 1.12 bits per heavy atom. The minimum absolute atomic E-state index is 0.110. The Kier molecular flexibility index (Phi) is 5.95. The van der Waals surface area contributed by atoms with Gasteiger partial charge in [-0.3, -0.25) is 9.59 Å². The van der Waals surface area contributed by atoms with E-state index in [4.69, 9.17) is 0 Å². The lowest BCUT2D eigenvalue weighted by molar-refractivity contribution is -0.117. The second-order valence-corrected chi connectivity index (χ2v) is 11.1. The lowest BCUT2D eigenvalue weighted by Crippen LogP contribution is -2.40. The van der Waals surface area contributed by atoms with Crippen LogP contribution in [0.1, 0.15) is 32.6 Å². The van der Waals surface area contributed by atoms with Gasteiger partial charge in [-0.2, -0.15) is 0 Å². The first-order chi connectivity index (χ1) is 16.3. The number of sulfonamides is 1. The molecule has 2 aliphatic rings. The van der Waals surface area contributed by atoms with Crippen LogP contribution in [0.3, 0.4) is 0 Å². The molecule has 0 spiro atoms. The minimum Gasteiger partial charge on any atom is -0.324 e. The van der Waals surface area contributed by atoms with Gasteiger partial charge in [-0.15, -0.1) is 5.10 Å². The van der Waals surface area contributed by atoms with Crippen molar-refractivity contribution in [3.05, 3.63) is 58.9 Å². The van der Waals surface area contributed by atoms with Crippen molar-refractivity contribution in [1.29, 1.82) is 0 Å². The fourth-order valence-electron chi connectivity index (χ4n) is 5.49. The highest BCUT2D eigenvalue weighted by Crippen LogP contribution is 2.49. The van der Waals surface area contributed by atoms with E-state index in [2.05, 4.69) is 20.4 Å². The Bertz CT molecular complexity index is 1390. The standard InChI is InChI=1S/C24H27N5O4S/c1-15(21-13-16-6-7-17(21)12-16)27-34(32,33)19-10-8-18(9-11-19)25-23(30)14-29-24(31)20-4-2-3-5-22(20)26-28-29/h2-5,8-11,15-17,21,27H,6-7,12-14H2,1H3,(H,25,30)/t15-,16-,17-,21+/m0/s1. The molecule has 178 valence electrons. The van der Waals surface area contributed by atoms with Crippen LogP contribution in [0.25, 0.3) is 10.9 Å². The summed E-state index contributed by atoms with van der Waals surface area (Å²) in [6.45, 7) is 1.65. The van der Waals surface area contributed by atoms with Crippen LogP contribution < -0.4 is 15.6 Å². The predicted molar refractivity (Wildman–Crippen MR) is 128 cm³/mol. The van der Waals surface area contributed by atoms with Crippen molar-refractivity contribution in [2.45, 2.75) is 50.1 Å². The van der Waals surface area contributed by atoms with Gasteiger partial charge in [-0.05, 0) is 80.3 Å². The van der Waals surface area contributed by atoms with Crippen LogP contribution in [0.4, 0.5) is 5.69 Å². The number of anilines is 1. The highest BCUT2D eigenvalue weighted by molar-refractivity contribution is 7.89. The summed E-state index contributed by atoms with van der Waals surface area (Å²) in [5.74, 6) is 1.31. The molecule has 34 heavy (non-hydrogen) atoms. The molecule has 4 atom stereocenters. The summed E-state index contributed by atoms with van der Waals surface area (Å²) in [5, 5.41) is 10.8. The van der Waals surface area contributed by atoms with Crippen LogP contribution in [0.15, 0.2) is 58.2 Å². The smallest absolute Gasteiger partial charge is 0.278 e. The van der Waals surface area contributed by atoms with Gasteiger partial charge < -0.3 is 5.32 Å². The largest absolute Gasteiger partial charge is 0.324 e. The summed E-state index contributed by atoms with van der Waals surface area (Å²) in [7, 11) is -3.66. The van der Waals surface area contributed by atoms with Gasteiger partial charge in [0.25, 0.3) is 5.56 Å². The fraction of sp³-hybridized carbons (Fsp3) is 0.417. The van der Waals surface area contributed by atoms with Gasteiger partial charge in [0.15, 0.2) is 0 Å². The van der Waals surface area contributed by atoms with Gasteiger partial charge in [0.05, 0.1) is 10.3 Å². The van der Waals surface area contributed by atoms with E-state index in [1.807, 2.05) is 6.92 Å². The molecule has 2 bridgehead atoms. The van der Waals surface area contributed by atoms with Crippen molar-refractivity contribution in [1.82, 2.24) is 19.7 Å². The van der Waals surface area contributed by atoms with Gasteiger partial charge in [0.2, 0.25) is 15.9 Å². The lowest BCUT2D eigenvalue weighted by Gasteiger charge is -2.28. The molecule has 2 fully saturated rings. The predicted octanol–water partition coefficient (Wildman–Crippen LogP) is 2.53. The maximum atomic E-state index is 12.9. The third kappa shape index (κ3) is 4.47. The summed E-state index contributed by atoms with van der Waals surface area (Å²) in [6, 6.07) is 12.7. The molecule has 0 saturated heterocycles. The first kappa shape index (κ1) is 22.7. The molecule has 2 aliphatic carbocycles. The molecule has 2 N–H and O–H groups in total. The molecule has 9 nitrogen and oxygen atoms in total. The van der Waals surface area contributed by atoms with Crippen LogP contribution >= 0.6 is 0 Å². The molecule has 1 aromatic heterocycles. The molecule has 0 unspecified atom stereocenters. The van der Waals surface area contributed by atoms with Crippen molar-refractivity contribution in [3.8, 4) is 0 Å². The summed E-state index contributed by atoms with van der Waals surface area (Å²) < 4.78 is 29.6. The molecular formula is C24H27N5O4S. The molecule has 0 aliphatic heterocycles. The van der Waals surface area contributed by atoms with E-state index >= 15 is 0 Å². The minimum atomic E-state index is -3.66. The fourth-order valence-corrected chi connectivity index (χ4v) is 6.78. The average Bonchev–Trinajstić information content (AvgIpc) is 3.45. The maximum Gasteiger partial charge on any atom is 0.278 e. The molecule has 1 heterocycles. The molecule has 3 aromatic rings. The second-order valence-electron chi connectivity index (χ2n) is 9.39. The summed E-state index contributed by atoms with van der Waals surface area (Å²) in [6.07, 6.45) is 4.80. The maximum absolute atomic E-state index is 12.9. The van der Waals surface area contributed by atoms with E-state index in [0.29, 0.717) is 28.4 Å². The topological polar surface area (TPSA) is 123 Å². The highest BCUT2D eigenvalue weighted by Gasteiger charge is 2.42. The SMILES string of the molecule is C[C@H](NS(=O)(=O)c1ccc(NC(=O)Cn2nnc3ccccc3c2=O)cc1)[C@H]1C[C@H]2CC[C@H]1C2. The van der Waals surface area contributed by atoms with Crippen LogP contribution in [0.2, 0.25) is 0 Å². The number of aromatic nitrogens is 3. The number of hydrogen-bond donors (Lipinski definition) is 2. The van der Waals surface area contributed by atoms with Crippen molar-refractivity contribution in [2.75, 3.05) is 5.32 Å². The number of nitrogens with one attached hydrogen (secondary N) is 2. The first-order valence-electron chi connectivity index (χ1n) is 11.5. The molecule has 0 radical (unpaired) electrons. The van der Waals surface area contributed by atoms with Crippen molar-refractivity contribution in [2.24, 2.45) is 17.8 Å². The van der Waals surface area contributed by atoms with Gasteiger partial charge in [0, 0.05) is 11.7 Å². The van der Waals surface area contributed by atoms with Crippen LogP contribution in [0, 0.1) is 17.8 Å². The van der Waals surface area contributed by atoms with Gasteiger partial charge in [-0.1, -0.05) is 23.8 Å². The number of fused-ring (bicyclic) bond motifs is 3. The molecule has 2 saturated carbocycles. The Labute approximate surface area is 197 Å². The molecule has 1 amide bonds. The zero-order valence-electron chi connectivity index (χ0n) is 18.8. The van der Waals surface area contributed by atoms with E-state index in [1.165, 1.54) is 43.5 Å². The third-order valence-electron chi connectivity index (χ3n) is 7.15. The lowest BCUT2D eigenvalue weighted by atomic mass is 9.84. The van der Waals surface area contributed by atoms with E-state index in [0.717, 1.165) is 17.0 Å². The van der Waals surface area contributed by atoms with Gasteiger partial charge >= 0.3 is 0 Å². The number of carbonyl (C=O) groups excluding carboxylic acids is 1. The monoisotopic (exact) mass is 481 g/mol. The van der Waals surface area contributed by atoms with Crippen LogP contribution in [-0.2, 0) is 21.4 Å². The molecular weight excluding hydrogens is 454 g/mol. The third-order valence-corrected chi connectivity index (χ3v) is 8.72. The Hall–Kier alpha value is -3.11. The summed E-state index contributed by atoms with van der Waals surface area (Å²) in [4.78, 5) is 25.1. The average molecular weight is 482 g/mol. The Morgan fingerprint density at radius 2 is 1.88 bits per heavy atom. The first-order valence-corrected chi connectivity index (χ1v) is 13.0. The zero-order valence-corrected chi connectivity index (χ0v) is 19.7. The van der Waals surface area contributed by atoms with Crippen molar-refractivity contribution in [3.63, 3.8) is 0 Å². The Balaban J connectivity index is 1.22. The molecule has 10 heteroatoms. The zero-order chi connectivity index (χ0) is 23.9. The summed E-state index contributed by atoms with van der Waals surface area (Å²) in [5.41, 5.74) is 0.481. The van der Waals surface area contributed by atoms with E-state index < -0.39 is 21.5 Å². The van der Waals surface area contributed by atoms with E-state index in [1.54, 1.807) is 24.3 Å². The van der Waals surface area contributed by atoms with Crippen LogP contribution in [0.5, 0.6) is 0 Å². The van der Waals surface area contributed by atoms with Gasteiger partial charge in [-0.25, -0.2) is 17.8 Å². The van der Waals surface area contributed by atoms with E-state index in [-0.39, 0.29) is 17.5 Å². The van der Waals surface area contributed by atoms with Gasteiger partial charge in [0.1, 0.15) is 12.1 Å². The van der Waals surface area contributed by atoms with Crippen LogP contribution in [-0.4, -0.2) is 35.4 Å².